The van der Waals surface area contributed by atoms with Gasteiger partial charge in [0.05, 0.1) is 12.1 Å². The van der Waals surface area contributed by atoms with Crippen LogP contribution < -0.4 is 10.7 Å². The lowest BCUT2D eigenvalue weighted by Crippen LogP contribution is -2.39. The number of rotatable bonds is 3. The summed E-state index contributed by atoms with van der Waals surface area (Å²) in [6.45, 7) is 9.56. The van der Waals surface area contributed by atoms with Crippen LogP contribution in [0.1, 0.15) is 33.5 Å². The molecule has 150 valence electrons. The Balaban J connectivity index is 1.55. The maximum absolute atomic E-state index is 13.1. The lowest BCUT2D eigenvalue weighted by molar-refractivity contribution is -0.117. The van der Waals surface area contributed by atoms with E-state index in [4.69, 9.17) is 0 Å². The Morgan fingerprint density at radius 2 is 1.86 bits per heavy atom. The molecule has 2 heterocycles. The predicted molar refractivity (Wildman–Crippen MR) is 118 cm³/mol. The van der Waals surface area contributed by atoms with Crippen LogP contribution >= 0.6 is 0 Å². The largest absolute Gasteiger partial charge is 0.358 e. The number of nitrogens with one attached hydrogen (secondary N) is 2. The van der Waals surface area contributed by atoms with Gasteiger partial charge in [-0.25, -0.2) is 0 Å². The molecule has 2 N–H and O–H groups in total. The highest BCUT2D eigenvalue weighted by Gasteiger charge is 2.23. The molecule has 5 heteroatoms. The maximum Gasteiger partial charge on any atom is 0.238 e. The van der Waals surface area contributed by atoms with Gasteiger partial charge >= 0.3 is 0 Å². The average Bonchev–Trinajstić information content (AvgIpc) is 2.66. The van der Waals surface area contributed by atoms with Crippen molar-refractivity contribution in [3.8, 4) is 0 Å². The number of anilines is 1. The van der Waals surface area contributed by atoms with Gasteiger partial charge in [0.25, 0.3) is 0 Å². The van der Waals surface area contributed by atoms with Crippen molar-refractivity contribution >= 4 is 22.5 Å². The molecule has 0 bridgehead atoms. The molecule has 0 fully saturated rings. The van der Waals surface area contributed by atoms with Gasteiger partial charge in [-0.05, 0) is 62.1 Å². The summed E-state index contributed by atoms with van der Waals surface area (Å²) >= 11 is 0. The van der Waals surface area contributed by atoms with Gasteiger partial charge in [0.1, 0.15) is 0 Å². The standard InChI is InChI=1S/C24H27N3O2/c1-14-5-6-16(3)21(11-14)25-22(28)13-27-8-7-20-19(12-27)24(29)18-10-15(2)9-17(4)23(18)26-20/h5-6,9-11H,7-8,12-13H2,1-4H3,(H,25,28)(H,26,29). The first-order valence-electron chi connectivity index (χ1n) is 10.1. The smallest absolute Gasteiger partial charge is 0.238 e. The third-order valence-electron chi connectivity index (χ3n) is 5.73. The molecule has 1 aromatic heterocycles. The number of H-pyrrole nitrogens is 1. The van der Waals surface area contributed by atoms with Crippen LogP contribution in [-0.4, -0.2) is 28.9 Å². The highest BCUT2D eigenvalue weighted by atomic mass is 16.2. The number of fused-ring (bicyclic) bond motifs is 2. The average molecular weight is 389 g/mol. The van der Waals surface area contributed by atoms with Crippen molar-refractivity contribution in [2.75, 3.05) is 18.4 Å². The molecule has 0 atom stereocenters. The number of hydrogen-bond acceptors (Lipinski definition) is 3. The maximum atomic E-state index is 13.1. The number of aryl methyl sites for hydroxylation is 4. The van der Waals surface area contributed by atoms with Crippen LogP contribution in [0.4, 0.5) is 5.69 Å². The van der Waals surface area contributed by atoms with E-state index in [-0.39, 0.29) is 17.9 Å². The van der Waals surface area contributed by atoms with E-state index in [0.717, 1.165) is 63.1 Å². The third-order valence-corrected chi connectivity index (χ3v) is 5.73. The van der Waals surface area contributed by atoms with Gasteiger partial charge in [0.2, 0.25) is 5.91 Å². The fourth-order valence-corrected chi connectivity index (χ4v) is 4.19. The van der Waals surface area contributed by atoms with Crippen molar-refractivity contribution in [3.63, 3.8) is 0 Å². The van der Waals surface area contributed by atoms with Gasteiger partial charge in [0.15, 0.2) is 5.43 Å². The van der Waals surface area contributed by atoms with E-state index in [1.807, 2.05) is 56.9 Å². The summed E-state index contributed by atoms with van der Waals surface area (Å²) in [5.41, 5.74) is 7.98. The minimum Gasteiger partial charge on any atom is -0.358 e. The van der Waals surface area contributed by atoms with Gasteiger partial charge < -0.3 is 10.3 Å². The lowest BCUT2D eigenvalue weighted by atomic mass is 9.99. The summed E-state index contributed by atoms with van der Waals surface area (Å²) in [5, 5.41) is 3.75. The van der Waals surface area contributed by atoms with E-state index < -0.39 is 0 Å². The number of amides is 1. The number of nitrogens with zero attached hydrogens (tertiary/aromatic N) is 1. The van der Waals surface area contributed by atoms with Crippen LogP contribution in [-0.2, 0) is 17.8 Å². The Kier molecular flexibility index (Phi) is 5.01. The molecule has 3 aromatic rings. The summed E-state index contributed by atoms with van der Waals surface area (Å²) in [6, 6.07) is 10.1. The molecule has 0 radical (unpaired) electrons. The second kappa shape index (κ2) is 7.48. The van der Waals surface area contributed by atoms with Crippen LogP contribution in [0.5, 0.6) is 0 Å². The molecule has 1 aliphatic rings. The van der Waals surface area contributed by atoms with E-state index >= 15 is 0 Å². The SMILES string of the molecule is Cc1ccc(C)c(NC(=O)CN2CCc3[nH]c4c(C)cc(C)cc4c(=O)c3C2)c1. The summed E-state index contributed by atoms with van der Waals surface area (Å²) in [4.78, 5) is 31.3. The zero-order valence-corrected chi connectivity index (χ0v) is 17.5. The molecule has 29 heavy (non-hydrogen) atoms. The quantitative estimate of drug-likeness (QED) is 0.717. The molecular weight excluding hydrogens is 362 g/mol. The highest BCUT2D eigenvalue weighted by Crippen LogP contribution is 2.22. The zero-order chi connectivity index (χ0) is 20.7. The van der Waals surface area contributed by atoms with Crippen LogP contribution in [0.2, 0.25) is 0 Å². The second-order valence-electron chi connectivity index (χ2n) is 8.24. The Hall–Kier alpha value is -2.92. The fraction of sp³-hybridized carbons (Fsp3) is 0.333. The summed E-state index contributed by atoms with van der Waals surface area (Å²) in [5.74, 6) is -0.0499. The molecular formula is C24H27N3O2. The van der Waals surface area contributed by atoms with Crippen molar-refractivity contribution in [2.24, 2.45) is 0 Å². The molecule has 0 unspecified atom stereocenters. The van der Waals surface area contributed by atoms with Crippen LogP contribution in [0.3, 0.4) is 0 Å². The molecule has 0 saturated carbocycles. The zero-order valence-electron chi connectivity index (χ0n) is 17.5. The molecule has 1 aliphatic heterocycles. The lowest BCUT2D eigenvalue weighted by Gasteiger charge is -2.28. The van der Waals surface area contributed by atoms with Crippen LogP contribution in [0, 0.1) is 27.7 Å². The minimum atomic E-state index is -0.0499. The van der Waals surface area contributed by atoms with Crippen molar-refractivity contribution in [2.45, 2.75) is 40.7 Å². The van der Waals surface area contributed by atoms with Gasteiger partial charge in [-0.3, -0.25) is 14.5 Å². The predicted octanol–water partition coefficient (Wildman–Crippen LogP) is 3.76. The van der Waals surface area contributed by atoms with Gasteiger partial charge in [-0.1, -0.05) is 18.2 Å². The number of aromatic nitrogens is 1. The monoisotopic (exact) mass is 389 g/mol. The van der Waals surface area contributed by atoms with E-state index in [1.54, 1.807) is 0 Å². The van der Waals surface area contributed by atoms with Gasteiger partial charge in [-0.2, -0.15) is 0 Å². The van der Waals surface area contributed by atoms with Gasteiger partial charge in [-0.15, -0.1) is 0 Å². The Labute approximate surface area is 170 Å². The Morgan fingerprint density at radius 3 is 2.66 bits per heavy atom. The summed E-state index contributed by atoms with van der Waals surface area (Å²) in [7, 11) is 0. The first kappa shape index (κ1) is 19.4. The minimum absolute atomic E-state index is 0.0499. The van der Waals surface area contributed by atoms with Gasteiger partial charge in [0, 0.05) is 41.8 Å². The number of pyridine rings is 1. The molecule has 2 aromatic carbocycles. The topological polar surface area (TPSA) is 65.2 Å². The molecule has 0 aliphatic carbocycles. The summed E-state index contributed by atoms with van der Waals surface area (Å²) < 4.78 is 0. The summed E-state index contributed by atoms with van der Waals surface area (Å²) in [6.07, 6.45) is 0.741. The van der Waals surface area contributed by atoms with Crippen molar-refractivity contribution in [3.05, 3.63) is 74.1 Å². The molecule has 4 rings (SSSR count). The number of aromatic amines is 1. The normalized spacial score (nSPS) is 14.1. The van der Waals surface area contributed by atoms with Crippen molar-refractivity contribution in [1.82, 2.24) is 9.88 Å². The first-order chi connectivity index (χ1) is 13.8. The number of carbonyl (C=O) groups is 1. The number of benzene rings is 2. The highest BCUT2D eigenvalue weighted by molar-refractivity contribution is 5.93. The Bertz CT molecular complexity index is 1180. The number of hydrogen-bond donors (Lipinski definition) is 2. The van der Waals surface area contributed by atoms with E-state index in [1.165, 1.54) is 0 Å². The molecule has 0 saturated heterocycles. The van der Waals surface area contributed by atoms with E-state index in [9.17, 15) is 9.59 Å². The Morgan fingerprint density at radius 1 is 1.07 bits per heavy atom. The first-order valence-corrected chi connectivity index (χ1v) is 10.1. The number of carbonyl (C=O) groups excluding carboxylic acids is 1. The van der Waals surface area contributed by atoms with E-state index in [0.29, 0.717) is 6.54 Å². The molecule has 1 amide bonds. The van der Waals surface area contributed by atoms with E-state index in [2.05, 4.69) is 16.4 Å². The van der Waals surface area contributed by atoms with Crippen molar-refractivity contribution in [1.29, 1.82) is 0 Å². The second-order valence-corrected chi connectivity index (χ2v) is 8.24. The van der Waals surface area contributed by atoms with Crippen molar-refractivity contribution < 1.29 is 4.79 Å². The molecule has 5 nitrogen and oxygen atoms in total. The van der Waals surface area contributed by atoms with Crippen LogP contribution in [0.15, 0.2) is 35.1 Å². The fourth-order valence-electron chi connectivity index (χ4n) is 4.19. The van der Waals surface area contributed by atoms with Crippen LogP contribution in [0.25, 0.3) is 10.9 Å². The molecule has 0 spiro atoms. The third kappa shape index (κ3) is 3.83.